The molecule has 0 saturated heterocycles. The van der Waals surface area contributed by atoms with Crippen molar-refractivity contribution in [3.8, 4) is 10.6 Å². The number of benzene rings is 1. The standard InChI is InChI=1S/C21H20N2O4S2/c1-12(2)19(25)22-16-6-4-14(5-7-16)18(24)13(3)27-21(26)17-11-29-20(23-17)15-8-9-28-10-15/h4-13H,1-3H3,(H,22,25). The van der Waals surface area contributed by atoms with Crippen LogP contribution in [0.4, 0.5) is 5.69 Å². The number of hydrogen-bond acceptors (Lipinski definition) is 7. The number of thiophene rings is 1. The molecule has 0 fully saturated rings. The Labute approximate surface area is 176 Å². The molecule has 1 amide bonds. The quantitative estimate of drug-likeness (QED) is 0.428. The third-order valence-corrected chi connectivity index (χ3v) is 5.67. The van der Waals surface area contributed by atoms with Crippen LogP contribution in [-0.2, 0) is 9.53 Å². The smallest absolute Gasteiger partial charge is 0.358 e. The number of rotatable bonds is 7. The number of nitrogens with zero attached hydrogens (tertiary/aromatic N) is 1. The Kier molecular flexibility index (Phi) is 6.56. The van der Waals surface area contributed by atoms with Crippen molar-refractivity contribution in [3.63, 3.8) is 0 Å². The van der Waals surface area contributed by atoms with E-state index < -0.39 is 12.1 Å². The first-order chi connectivity index (χ1) is 13.8. The summed E-state index contributed by atoms with van der Waals surface area (Å²) in [6.45, 7) is 5.13. The van der Waals surface area contributed by atoms with Gasteiger partial charge in [0.2, 0.25) is 11.7 Å². The van der Waals surface area contributed by atoms with Crippen molar-refractivity contribution in [1.82, 2.24) is 4.98 Å². The van der Waals surface area contributed by atoms with Crippen molar-refractivity contribution < 1.29 is 19.1 Å². The second kappa shape index (κ2) is 9.11. The van der Waals surface area contributed by atoms with Gasteiger partial charge in [-0.25, -0.2) is 9.78 Å². The van der Waals surface area contributed by atoms with Gasteiger partial charge in [0.25, 0.3) is 0 Å². The van der Waals surface area contributed by atoms with E-state index in [0.717, 1.165) is 10.6 Å². The number of ether oxygens (including phenoxy) is 1. The molecule has 1 aromatic carbocycles. The van der Waals surface area contributed by atoms with Gasteiger partial charge in [0.15, 0.2) is 11.8 Å². The van der Waals surface area contributed by atoms with E-state index in [9.17, 15) is 14.4 Å². The largest absolute Gasteiger partial charge is 0.450 e. The summed E-state index contributed by atoms with van der Waals surface area (Å²) in [5.74, 6) is -1.20. The maximum Gasteiger partial charge on any atom is 0.358 e. The summed E-state index contributed by atoms with van der Waals surface area (Å²) in [5, 5.41) is 9.01. The first-order valence-electron chi connectivity index (χ1n) is 8.99. The molecule has 1 atom stereocenters. The van der Waals surface area contributed by atoms with Crippen LogP contribution in [0.5, 0.6) is 0 Å². The van der Waals surface area contributed by atoms with E-state index in [4.69, 9.17) is 4.74 Å². The zero-order chi connectivity index (χ0) is 21.0. The average molecular weight is 429 g/mol. The van der Waals surface area contributed by atoms with Crippen molar-refractivity contribution in [2.45, 2.75) is 26.9 Å². The summed E-state index contributed by atoms with van der Waals surface area (Å²) in [6, 6.07) is 8.42. The van der Waals surface area contributed by atoms with Gasteiger partial charge in [-0.15, -0.1) is 11.3 Å². The van der Waals surface area contributed by atoms with Crippen LogP contribution in [0.25, 0.3) is 10.6 Å². The molecule has 6 nitrogen and oxygen atoms in total. The van der Waals surface area contributed by atoms with Gasteiger partial charge in [-0.05, 0) is 42.6 Å². The maximum atomic E-state index is 12.6. The summed E-state index contributed by atoms with van der Waals surface area (Å²) in [4.78, 5) is 40.9. The van der Waals surface area contributed by atoms with E-state index in [0.29, 0.717) is 11.3 Å². The Hall–Kier alpha value is -2.84. The molecular formula is C21H20N2O4S2. The normalized spacial score (nSPS) is 11.9. The van der Waals surface area contributed by atoms with Crippen LogP contribution in [-0.4, -0.2) is 28.7 Å². The molecule has 2 aromatic heterocycles. The predicted molar refractivity (Wildman–Crippen MR) is 115 cm³/mol. The van der Waals surface area contributed by atoms with E-state index >= 15 is 0 Å². The van der Waals surface area contributed by atoms with Gasteiger partial charge in [0.1, 0.15) is 5.01 Å². The highest BCUT2D eigenvalue weighted by Gasteiger charge is 2.22. The number of esters is 1. The Morgan fingerprint density at radius 2 is 1.76 bits per heavy atom. The van der Waals surface area contributed by atoms with E-state index in [1.54, 1.807) is 54.8 Å². The maximum absolute atomic E-state index is 12.6. The molecule has 2 heterocycles. The van der Waals surface area contributed by atoms with Gasteiger partial charge in [-0.1, -0.05) is 13.8 Å². The van der Waals surface area contributed by atoms with Crippen LogP contribution in [0.1, 0.15) is 41.6 Å². The third-order valence-electron chi connectivity index (χ3n) is 4.10. The third kappa shape index (κ3) is 5.16. The second-order valence-electron chi connectivity index (χ2n) is 6.68. The lowest BCUT2D eigenvalue weighted by Crippen LogP contribution is -2.24. The van der Waals surface area contributed by atoms with Gasteiger partial charge in [0.05, 0.1) is 0 Å². The molecular weight excluding hydrogens is 408 g/mol. The Morgan fingerprint density at radius 1 is 1.03 bits per heavy atom. The highest BCUT2D eigenvalue weighted by Crippen LogP contribution is 2.26. The van der Waals surface area contributed by atoms with Crippen molar-refractivity contribution in [2.24, 2.45) is 5.92 Å². The molecule has 0 aliphatic carbocycles. The van der Waals surface area contributed by atoms with Crippen LogP contribution in [0.15, 0.2) is 46.5 Å². The van der Waals surface area contributed by atoms with E-state index in [1.807, 2.05) is 16.8 Å². The first kappa shape index (κ1) is 20.9. The average Bonchev–Trinajstić information content (AvgIpc) is 3.39. The van der Waals surface area contributed by atoms with Crippen molar-refractivity contribution >= 4 is 46.0 Å². The highest BCUT2D eigenvalue weighted by molar-refractivity contribution is 7.14. The number of aromatic nitrogens is 1. The van der Waals surface area contributed by atoms with Gasteiger partial charge in [-0.3, -0.25) is 9.59 Å². The summed E-state index contributed by atoms with van der Waals surface area (Å²) >= 11 is 2.90. The first-order valence-corrected chi connectivity index (χ1v) is 10.8. The van der Waals surface area contributed by atoms with Crippen LogP contribution < -0.4 is 5.32 Å². The van der Waals surface area contributed by atoms with Gasteiger partial charge in [0, 0.05) is 33.5 Å². The highest BCUT2D eigenvalue weighted by atomic mass is 32.1. The number of ketones is 1. The van der Waals surface area contributed by atoms with E-state index in [-0.39, 0.29) is 23.3 Å². The zero-order valence-electron chi connectivity index (χ0n) is 16.2. The molecule has 0 aliphatic rings. The summed E-state index contributed by atoms with van der Waals surface area (Å²) in [5.41, 5.74) is 2.13. The monoisotopic (exact) mass is 428 g/mol. The van der Waals surface area contributed by atoms with Gasteiger partial charge >= 0.3 is 5.97 Å². The molecule has 3 aromatic rings. The van der Waals surface area contributed by atoms with Crippen LogP contribution >= 0.6 is 22.7 Å². The molecule has 0 spiro atoms. The van der Waals surface area contributed by atoms with Crippen LogP contribution in [0.2, 0.25) is 0 Å². The fourth-order valence-electron chi connectivity index (χ4n) is 2.40. The molecule has 0 aliphatic heterocycles. The number of amides is 1. The van der Waals surface area contributed by atoms with Gasteiger partial charge in [-0.2, -0.15) is 11.3 Å². The molecule has 3 rings (SSSR count). The Balaban J connectivity index is 1.61. The summed E-state index contributed by atoms with van der Waals surface area (Å²) in [6.07, 6.45) is -0.954. The number of nitrogens with one attached hydrogen (secondary N) is 1. The Morgan fingerprint density at radius 3 is 2.38 bits per heavy atom. The molecule has 0 bridgehead atoms. The molecule has 150 valence electrons. The minimum absolute atomic E-state index is 0.101. The number of hydrogen-bond donors (Lipinski definition) is 1. The van der Waals surface area contributed by atoms with E-state index in [2.05, 4.69) is 10.3 Å². The molecule has 1 N–H and O–H groups in total. The molecule has 1 unspecified atom stereocenters. The molecule has 0 saturated carbocycles. The van der Waals surface area contributed by atoms with Crippen molar-refractivity contribution in [3.05, 3.63) is 57.7 Å². The topological polar surface area (TPSA) is 85.4 Å². The number of carbonyl (C=O) groups excluding carboxylic acids is 3. The SMILES string of the molecule is CC(C)C(=O)Nc1ccc(C(=O)C(C)OC(=O)c2csc(-c3ccsc3)n2)cc1. The lowest BCUT2D eigenvalue weighted by molar-refractivity contribution is -0.118. The van der Waals surface area contributed by atoms with Gasteiger partial charge < -0.3 is 10.1 Å². The molecule has 0 radical (unpaired) electrons. The number of thiazole rings is 1. The van der Waals surface area contributed by atoms with Crippen molar-refractivity contribution in [2.75, 3.05) is 5.32 Å². The fourth-order valence-corrected chi connectivity index (χ4v) is 3.90. The lowest BCUT2D eigenvalue weighted by Gasteiger charge is -2.12. The van der Waals surface area contributed by atoms with E-state index in [1.165, 1.54) is 18.3 Å². The second-order valence-corrected chi connectivity index (χ2v) is 8.32. The van der Waals surface area contributed by atoms with Crippen LogP contribution in [0, 0.1) is 5.92 Å². The Bertz CT molecular complexity index is 1010. The molecule has 8 heteroatoms. The summed E-state index contributed by atoms with van der Waals surface area (Å²) < 4.78 is 5.30. The number of anilines is 1. The minimum Gasteiger partial charge on any atom is -0.450 e. The minimum atomic E-state index is -0.954. The fraction of sp³-hybridized carbons (Fsp3) is 0.238. The zero-order valence-corrected chi connectivity index (χ0v) is 17.8. The summed E-state index contributed by atoms with van der Waals surface area (Å²) in [7, 11) is 0. The predicted octanol–water partition coefficient (Wildman–Crippen LogP) is 4.89. The number of carbonyl (C=O) groups is 3. The molecule has 29 heavy (non-hydrogen) atoms. The lowest BCUT2D eigenvalue weighted by atomic mass is 10.1. The number of Topliss-reactive ketones (excluding diaryl/α,β-unsaturated/α-hetero) is 1. The van der Waals surface area contributed by atoms with Crippen molar-refractivity contribution in [1.29, 1.82) is 0 Å². The van der Waals surface area contributed by atoms with Crippen LogP contribution in [0.3, 0.4) is 0 Å².